The standard InChI is InChI=1S/C18H20FIN2O3/c1-17(25)5-11(6-17)21-15(23)8-22-9-18(7-14(18)19)13-4-10(20)2-3-12(13)16(22)24/h2-4,11,14,25H,5-9H2,1H3,(H,21,23)/t11-,14-,17-,18+/m0/s1. The van der Waals surface area contributed by atoms with Crippen molar-refractivity contribution in [1.29, 1.82) is 0 Å². The second kappa shape index (κ2) is 5.64. The number of benzene rings is 1. The van der Waals surface area contributed by atoms with Crippen LogP contribution in [0.25, 0.3) is 0 Å². The summed E-state index contributed by atoms with van der Waals surface area (Å²) >= 11 is 2.16. The third-order valence-corrected chi connectivity index (χ3v) is 6.23. The zero-order valence-corrected chi connectivity index (χ0v) is 16.0. The van der Waals surface area contributed by atoms with Crippen LogP contribution in [0.3, 0.4) is 0 Å². The number of amides is 2. The van der Waals surface area contributed by atoms with E-state index >= 15 is 0 Å². The topological polar surface area (TPSA) is 69.6 Å². The van der Waals surface area contributed by atoms with Crippen LogP contribution >= 0.6 is 22.6 Å². The van der Waals surface area contributed by atoms with Crippen molar-refractivity contribution in [2.75, 3.05) is 13.1 Å². The predicted molar refractivity (Wildman–Crippen MR) is 98.0 cm³/mol. The summed E-state index contributed by atoms with van der Waals surface area (Å²) in [6.07, 6.45) is 0.469. The van der Waals surface area contributed by atoms with Crippen LogP contribution in [-0.2, 0) is 10.2 Å². The molecule has 1 heterocycles. The Hall–Kier alpha value is -1.22. The van der Waals surface area contributed by atoms with E-state index in [4.69, 9.17) is 0 Å². The number of hydrogen-bond donors (Lipinski definition) is 2. The van der Waals surface area contributed by atoms with Gasteiger partial charge in [-0.15, -0.1) is 0 Å². The van der Waals surface area contributed by atoms with Crippen molar-refractivity contribution < 1.29 is 19.1 Å². The molecular weight excluding hydrogens is 438 g/mol. The fourth-order valence-electron chi connectivity index (χ4n) is 4.16. The molecule has 2 N–H and O–H groups in total. The summed E-state index contributed by atoms with van der Waals surface area (Å²) < 4.78 is 15.2. The van der Waals surface area contributed by atoms with Gasteiger partial charge in [0.15, 0.2) is 0 Å². The molecular formula is C18H20FIN2O3. The molecule has 2 atom stereocenters. The average Bonchev–Trinajstić information content (AvgIpc) is 3.13. The quantitative estimate of drug-likeness (QED) is 0.679. The van der Waals surface area contributed by atoms with Crippen LogP contribution in [0.1, 0.15) is 42.1 Å². The number of halogens is 2. The smallest absolute Gasteiger partial charge is 0.254 e. The lowest BCUT2D eigenvalue weighted by molar-refractivity contribution is -0.125. The highest BCUT2D eigenvalue weighted by molar-refractivity contribution is 14.1. The van der Waals surface area contributed by atoms with Crippen LogP contribution in [0.4, 0.5) is 4.39 Å². The number of nitrogens with one attached hydrogen (secondary N) is 1. The third-order valence-electron chi connectivity index (χ3n) is 5.56. The summed E-state index contributed by atoms with van der Waals surface area (Å²) in [5.74, 6) is -0.471. The number of hydrogen-bond acceptors (Lipinski definition) is 3. The summed E-state index contributed by atoms with van der Waals surface area (Å²) in [7, 11) is 0. The van der Waals surface area contributed by atoms with Crippen LogP contribution in [-0.4, -0.2) is 52.7 Å². The maximum absolute atomic E-state index is 14.2. The molecule has 7 heteroatoms. The number of aliphatic hydroxyl groups is 1. The highest BCUT2D eigenvalue weighted by Gasteiger charge is 2.61. The van der Waals surface area contributed by atoms with E-state index in [0.29, 0.717) is 24.8 Å². The number of carbonyl (C=O) groups excluding carboxylic acids is 2. The van der Waals surface area contributed by atoms with Crippen molar-refractivity contribution >= 4 is 34.4 Å². The van der Waals surface area contributed by atoms with Crippen molar-refractivity contribution in [3.8, 4) is 0 Å². The number of rotatable bonds is 3. The van der Waals surface area contributed by atoms with Gasteiger partial charge in [-0.25, -0.2) is 4.39 Å². The van der Waals surface area contributed by atoms with Gasteiger partial charge in [0.2, 0.25) is 5.91 Å². The predicted octanol–water partition coefficient (Wildman–Crippen LogP) is 1.76. The molecule has 1 aliphatic heterocycles. The van der Waals surface area contributed by atoms with Crippen molar-refractivity contribution in [3.05, 3.63) is 32.9 Å². The first-order valence-corrected chi connectivity index (χ1v) is 9.53. The highest BCUT2D eigenvalue weighted by Crippen LogP contribution is 2.54. The SMILES string of the molecule is C[C@]1(O)C[C@H](NC(=O)CN2C[C@]3(C[C@@H]3F)c3cc(I)ccc3C2=O)C1. The number of alkyl halides is 1. The van der Waals surface area contributed by atoms with Gasteiger partial charge in [0.1, 0.15) is 6.17 Å². The lowest BCUT2D eigenvalue weighted by Gasteiger charge is -2.41. The first kappa shape index (κ1) is 17.2. The number of carbonyl (C=O) groups is 2. The fourth-order valence-corrected chi connectivity index (χ4v) is 4.66. The Balaban J connectivity index is 1.49. The second-order valence-electron chi connectivity index (χ2n) is 7.85. The molecule has 1 aromatic rings. The molecule has 0 aromatic heterocycles. The minimum absolute atomic E-state index is 0.0555. The molecule has 0 radical (unpaired) electrons. The third kappa shape index (κ3) is 2.95. The zero-order chi connectivity index (χ0) is 18.0. The van der Waals surface area contributed by atoms with E-state index in [0.717, 1.165) is 9.13 Å². The van der Waals surface area contributed by atoms with Gasteiger partial charge in [0, 0.05) is 27.1 Å². The molecule has 0 bridgehead atoms. The van der Waals surface area contributed by atoms with Crippen molar-refractivity contribution in [1.82, 2.24) is 10.2 Å². The molecule has 2 saturated carbocycles. The van der Waals surface area contributed by atoms with E-state index in [2.05, 4.69) is 27.9 Å². The van der Waals surface area contributed by atoms with E-state index in [1.807, 2.05) is 12.1 Å². The molecule has 5 nitrogen and oxygen atoms in total. The first-order valence-electron chi connectivity index (χ1n) is 8.45. The molecule has 1 spiro atoms. The van der Waals surface area contributed by atoms with E-state index in [-0.39, 0.29) is 30.9 Å². The fraction of sp³-hybridized carbons (Fsp3) is 0.556. The van der Waals surface area contributed by atoms with E-state index in [9.17, 15) is 19.1 Å². The zero-order valence-electron chi connectivity index (χ0n) is 13.9. The molecule has 134 valence electrons. The monoisotopic (exact) mass is 458 g/mol. The Morgan fingerprint density at radius 2 is 2.12 bits per heavy atom. The molecule has 25 heavy (non-hydrogen) atoms. The van der Waals surface area contributed by atoms with Crippen LogP contribution in [0.5, 0.6) is 0 Å². The van der Waals surface area contributed by atoms with Crippen LogP contribution < -0.4 is 5.32 Å². The van der Waals surface area contributed by atoms with Gasteiger partial charge < -0.3 is 15.3 Å². The van der Waals surface area contributed by atoms with E-state index < -0.39 is 17.2 Å². The minimum Gasteiger partial charge on any atom is -0.390 e. The number of nitrogens with zero attached hydrogens (tertiary/aromatic N) is 1. The normalized spacial score (nSPS) is 36.0. The highest BCUT2D eigenvalue weighted by atomic mass is 127. The Morgan fingerprint density at radius 1 is 1.44 bits per heavy atom. The van der Waals surface area contributed by atoms with Crippen molar-refractivity contribution in [2.45, 2.75) is 49.4 Å². The van der Waals surface area contributed by atoms with Gasteiger partial charge in [-0.05, 0) is 72.5 Å². The van der Waals surface area contributed by atoms with Gasteiger partial charge in [-0.2, -0.15) is 0 Å². The van der Waals surface area contributed by atoms with Crippen molar-refractivity contribution in [3.63, 3.8) is 0 Å². The van der Waals surface area contributed by atoms with E-state index in [1.54, 1.807) is 13.0 Å². The van der Waals surface area contributed by atoms with Crippen LogP contribution in [0, 0.1) is 3.57 Å². The van der Waals surface area contributed by atoms with Gasteiger partial charge in [0.05, 0.1) is 12.1 Å². The summed E-state index contributed by atoms with van der Waals surface area (Å²) in [6.45, 7) is 1.91. The first-order chi connectivity index (χ1) is 11.7. The Labute approximate surface area is 159 Å². The molecule has 2 amide bonds. The molecule has 0 saturated heterocycles. The van der Waals surface area contributed by atoms with Crippen LogP contribution in [0.15, 0.2) is 18.2 Å². The Morgan fingerprint density at radius 3 is 2.72 bits per heavy atom. The number of fused-ring (bicyclic) bond motifs is 2. The maximum atomic E-state index is 14.2. The second-order valence-corrected chi connectivity index (χ2v) is 9.09. The summed E-state index contributed by atoms with van der Waals surface area (Å²) in [5.41, 5.74) is -0.0749. The molecule has 1 aromatic carbocycles. The Bertz CT molecular complexity index is 761. The maximum Gasteiger partial charge on any atom is 0.254 e. The molecule has 2 aliphatic carbocycles. The van der Waals surface area contributed by atoms with E-state index in [1.165, 1.54) is 4.90 Å². The molecule has 3 aliphatic rings. The van der Waals surface area contributed by atoms with Crippen LogP contribution in [0.2, 0.25) is 0 Å². The summed E-state index contributed by atoms with van der Waals surface area (Å²) in [5, 5.41) is 12.6. The van der Waals surface area contributed by atoms with Gasteiger partial charge in [-0.3, -0.25) is 9.59 Å². The molecule has 2 fully saturated rings. The largest absolute Gasteiger partial charge is 0.390 e. The molecule has 4 rings (SSSR count). The lowest BCUT2D eigenvalue weighted by Crippen LogP contribution is -2.56. The van der Waals surface area contributed by atoms with Gasteiger partial charge >= 0.3 is 0 Å². The van der Waals surface area contributed by atoms with Crippen molar-refractivity contribution in [2.24, 2.45) is 0 Å². The minimum atomic E-state index is -0.968. The average molecular weight is 458 g/mol. The molecule has 0 unspecified atom stereocenters. The Kier molecular flexibility index (Phi) is 3.88. The van der Waals surface area contributed by atoms with Gasteiger partial charge in [-0.1, -0.05) is 0 Å². The van der Waals surface area contributed by atoms with Gasteiger partial charge in [0.25, 0.3) is 5.91 Å². The summed E-state index contributed by atoms with van der Waals surface area (Å²) in [6, 6.07) is 5.40. The summed E-state index contributed by atoms with van der Waals surface area (Å²) in [4.78, 5) is 26.5. The lowest BCUT2D eigenvalue weighted by atomic mass is 9.77.